The third-order valence-corrected chi connectivity index (χ3v) is 11.2. The molecule has 316 valence electrons. The first-order valence-corrected chi connectivity index (χ1v) is 20.9. The van der Waals surface area contributed by atoms with Crippen LogP contribution in [0.2, 0.25) is 0 Å². The van der Waals surface area contributed by atoms with Gasteiger partial charge in [0, 0.05) is 0 Å². The van der Waals surface area contributed by atoms with Crippen LogP contribution in [0.4, 0.5) is 0 Å². The second-order valence-corrected chi connectivity index (χ2v) is 17.3. The van der Waals surface area contributed by atoms with E-state index in [9.17, 15) is 20.4 Å². The topological polar surface area (TPSA) is 106 Å². The fraction of sp³-hybridized carbons (Fsp3) is 0.462. The number of aliphatic hydroxyl groups is 4. The van der Waals surface area contributed by atoms with Crippen molar-refractivity contribution in [1.82, 2.24) is 0 Å². The zero-order chi connectivity index (χ0) is 42.9. The largest absolute Gasteiger partial charge is 0.390 e. The molecule has 0 spiro atoms. The number of hydrogen-bond donors (Lipinski definition) is 4. The lowest BCUT2D eigenvalue weighted by molar-refractivity contribution is 0.0411. The Morgan fingerprint density at radius 3 is 0.862 bits per heavy atom. The molecule has 6 heteroatoms. The van der Waals surface area contributed by atoms with E-state index < -0.39 is 12.2 Å². The van der Waals surface area contributed by atoms with E-state index in [1.54, 1.807) is 0 Å². The number of rotatable bonds is 16. The maximum Gasteiger partial charge on any atom is 0.115 e. The molecular weight excluding hydrogens is 721 g/mol. The molecule has 0 saturated carbocycles. The Labute approximate surface area is 350 Å². The van der Waals surface area contributed by atoms with Crippen molar-refractivity contribution in [3.8, 4) is 0 Å². The lowest BCUT2D eigenvalue weighted by Gasteiger charge is -2.22. The third kappa shape index (κ3) is 16.8. The number of benzene rings is 4. The van der Waals surface area contributed by atoms with Gasteiger partial charge >= 0.3 is 0 Å². The van der Waals surface area contributed by atoms with E-state index >= 15 is 0 Å². The van der Waals surface area contributed by atoms with Gasteiger partial charge < -0.3 is 29.9 Å². The molecule has 10 atom stereocenters. The molecule has 2 heterocycles. The summed E-state index contributed by atoms with van der Waals surface area (Å²) in [5.74, 6) is 0.935. The summed E-state index contributed by atoms with van der Waals surface area (Å²) in [5.41, 5.74) is 6.19. The Morgan fingerprint density at radius 2 is 0.672 bits per heavy atom. The van der Waals surface area contributed by atoms with Gasteiger partial charge in [-0.3, -0.25) is 0 Å². The van der Waals surface area contributed by atoms with Crippen LogP contribution in [-0.4, -0.2) is 69.3 Å². The van der Waals surface area contributed by atoms with Gasteiger partial charge in [0.1, 0.15) is 11.2 Å². The smallest absolute Gasteiger partial charge is 0.115 e. The molecule has 4 N–H and O–H groups in total. The molecular formula is C52H72O6. The highest BCUT2D eigenvalue weighted by atomic mass is 16.6. The van der Waals surface area contributed by atoms with Crippen molar-refractivity contribution in [2.45, 2.75) is 117 Å². The van der Waals surface area contributed by atoms with Crippen LogP contribution in [0.15, 0.2) is 146 Å². The van der Waals surface area contributed by atoms with E-state index in [-0.39, 0.29) is 47.1 Å². The standard InChI is InChI=1S/2C13H18O2.2C13H18O/c2*1-10(12(14)13(2)9-15-13)8-11-6-4-3-5-7-11;2*1-10(2)13(14)11(3)9-12-7-5-4-6-8-12/h2*3-7,10,12,14H,8-9H2,1-2H3;2*4-8,11,13-14H,1,9H2,2-3H3/t10-,12+,13-;10-,12-,13+;11-,13+;11-,13-/m0000/s1. The highest BCUT2D eigenvalue weighted by Gasteiger charge is 2.49. The molecule has 0 aliphatic carbocycles. The molecule has 0 radical (unpaired) electrons. The van der Waals surface area contributed by atoms with Crippen molar-refractivity contribution in [2.24, 2.45) is 23.7 Å². The number of epoxide rings is 2. The predicted octanol–water partition coefficient (Wildman–Crippen LogP) is 9.63. The predicted molar refractivity (Wildman–Crippen MR) is 240 cm³/mol. The van der Waals surface area contributed by atoms with Gasteiger partial charge in [-0.1, -0.05) is 173 Å². The van der Waals surface area contributed by atoms with Gasteiger partial charge in [-0.25, -0.2) is 0 Å². The molecule has 2 aliphatic rings. The first-order chi connectivity index (χ1) is 27.5. The normalized spacial score (nSPS) is 21.9. The lowest BCUT2D eigenvalue weighted by Crippen LogP contribution is -2.33. The van der Waals surface area contributed by atoms with Crippen LogP contribution in [0.5, 0.6) is 0 Å². The maximum atomic E-state index is 10.1. The molecule has 4 aromatic rings. The second kappa shape index (κ2) is 23.6. The molecule has 0 bridgehead atoms. The minimum Gasteiger partial charge on any atom is -0.390 e. The number of ether oxygens (including phenoxy) is 2. The van der Waals surface area contributed by atoms with E-state index in [0.29, 0.717) is 13.2 Å². The number of aliphatic hydroxyl groups excluding tert-OH is 4. The Hall–Kier alpha value is -3.88. The van der Waals surface area contributed by atoms with Crippen LogP contribution in [0.1, 0.15) is 77.6 Å². The average Bonchev–Trinajstić information content (AvgIpc) is 4.16. The molecule has 6 rings (SSSR count). The van der Waals surface area contributed by atoms with Crippen molar-refractivity contribution in [1.29, 1.82) is 0 Å². The quantitative estimate of drug-likeness (QED) is 0.0666. The van der Waals surface area contributed by atoms with E-state index in [0.717, 1.165) is 36.8 Å². The van der Waals surface area contributed by atoms with E-state index in [4.69, 9.17) is 9.47 Å². The molecule has 0 aromatic heterocycles. The molecule has 0 unspecified atom stereocenters. The summed E-state index contributed by atoms with van der Waals surface area (Å²) in [6.07, 6.45) is 2.09. The summed E-state index contributed by atoms with van der Waals surface area (Å²) < 4.78 is 10.5. The van der Waals surface area contributed by atoms with Gasteiger partial charge in [0.25, 0.3) is 0 Å². The average molecular weight is 793 g/mol. The van der Waals surface area contributed by atoms with Crippen LogP contribution in [-0.2, 0) is 35.2 Å². The molecule has 2 aliphatic heterocycles. The maximum absolute atomic E-state index is 10.1. The van der Waals surface area contributed by atoms with E-state index in [2.05, 4.69) is 75.5 Å². The van der Waals surface area contributed by atoms with Crippen LogP contribution in [0.3, 0.4) is 0 Å². The summed E-state index contributed by atoms with van der Waals surface area (Å²) in [6.45, 7) is 24.8. The SMILES string of the molecule is C=C(C)[C@@H](O)[C@@H](C)Cc1ccccc1.C=C(C)[C@H](O)[C@@H](C)Cc1ccccc1.C[C@@H](Cc1ccccc1)[C@@H](O)[C@]1(C)CO1.C[C@@H](Cc1ccccc1)[C@H](O)[C@@]1(C)CO1. The van der Waals surface area contributed by atoms with Crippen molar-refractivity contribution in [3.05, 3.63) is 168 Å². The van der Waals surface area contributed by atoms with Gasteiger partial charge in [0.15, 0.2) is 0 Å². The highest BCUT2D eigenvalue weighted by molar-refractivity contribution is 5.19. The van der Waals surface area contributed by atoms with Gasteiger partial charge in [0.05, 0.1) is 37.6 Å². The van der Waals surface area contributed by atoms with Crippen LogP contribution in [0, 0.1) is 23.7 Å². The van der Waals surface area contributed by atoms with E-state index in [1.807, 2.05) is 114 Å². The Kier molecular flexibility index (Phi) is 19.8. The summed E-state index contributed by atoms with van der Waals surface area (Å²) in [7, 11) is 0. The fourth-order valence-corrected chi connectivity index (χ4v) is 7.13. The summed E-state index contributed by atoms with van der Waals surface area (Å²) in [6, 6.07) is 41.0. The summed E-state index contributed by atoms with van der Waals surface area (Å²) >= 11 is 0. The Morgan fingerprint density at radius 1 is 0.466 bits per heavy atom. The first-order valence-electron chi connectivity index (χ1n) is 20.9. The molecule has 58 heavy (non-hydrogen) atoms. The van der Waals surface area contributed by atoms with Crippen molar-refractivity contribution in [3.63, 3.8) is 0 Å². The Balaban J connectivity index is 0.000000207. The minimum absolute atomic E-state index is 0.231. The molecule has 6 nitrogen and oxygen atoms in total. The third-order valence-electron chi connectivity index (χ3n) is 11.2. The van der Waals surface area contributed by atoms with Crippen LogP contribution in [0.25, 0.3) is 0 Å². The molecule has 2 saturated heterocycles. The monoisotopic (exact) mass is 793 g/mol. The van der Waals surface area contributed by atoms with Gasteiger partial charge in [-0.2, -0.15) is 0 Å². The van der Waals surface area contributed by atoms with Crippen molar-refractivity contribution in [2.75, 3.05) is 13.2 Å². The van der Waals surface area contributed by atoms with Crippen molar-refractivity contribution < 1.29 is 29.9 Å². The summed E-state index contributed by atoms with van der Waals surface area (Å²) in [4.78, 5) is 0. The minimum atomic E-state index is -0.393. The van der Waals surface area contributed by atoms with Gasteiger partial charge in [-0.15, -0.1) is 0 Å². The first kappa shape index (κ1) is 48.5. The molecule has 0 amide bonds. The highest BCUT2D eigenvalue weighted by Crippen LogP contribution is 2.35. The molecule has 4 aromatic carbocycles. The second-order valence-electron chi connectivity index (χ2n) is 17.3. The number of hydrogen-bond acceptors (Lipinski definition) is 6. The summed E-state index contributed by atoms with van der Waals surface area (Å²) in [5, 5.41) is 39.6. The Bertz CT molecular complexity index is 1610. The van der Waals surface area contributed by atoms with Crippen LogP contribution < -0.4 is 0 Å². The fourth-order valence-electron chi connectivity index (χ4n) is 7.13. The van der Waals surface area contributed by atoms with E-state index in [1.165, 1.54) is 22.3 Å². The zero-order valence-electron chi connectivity index (χ0n) is 36.4. The van der Waals surface area contributed by atoms with Crippen molar-refractivity contribution >= 4 is 0 Å². The van der Waals surface area contributed by atoms with Gasteiger partial charge in [0.2, 0.25) is 0 Å². The zero-order valence-corrected chi connectivity index (χ0v) is 36.4. The molecule has 2 fully saturated rings. The van der Waals surface area contributed by atoms with Crippen LogP contribution >= 0.6 is 0 Å². The lowest BCUT2D eigenvalue weighted by atomic mass is 9.89. The van der Waals surface area contributed by atoms with Gasteiger partial charge in [-0.05, 0) is 99.3 Å².